The Morgan fingerprint density at radius 3 is 2.88 bits per heavy atom. The lowest BCUT2D eigenvalue weighted by atomic mass is 9.97. The van der Waals surface area contributed by atoms with Crippen molar-refractivity contribution in [3.05, 3.63) is 47.2 Å². The number of ether oxygens (including phenoxy) is 2. The Hall–Kier alpha value is -2.67. The molecule has 1 aromatic heterocycles. The van der Waals surface area contributed by atoms with E-state index in [4.69, 9.17) is 9.47 Å². The maximum Gasteiger partial charge on any atom is 0.339 e. The van der Waals surface area contributed by atoms with Crippen molar-refractivity contribution in [2.75, 3.05) is 18.5 Å². The molecule has 1 fully saturated rings. The number of amides is 1. The largest absolute Gasteiger partial charge is 0.448 e. The van der Waals surface area contributed by atoms with Gasteiger partial charge in [-0.05, 0) is 24.5 Å². The van der Waals surface area contributed by atoms with Crippen molar-refractivity contribution in [3.63, 3.8) is 0 Å². The summed E-state index contributed by atoms with van der Waals surface area (Å²) in [5.74, 6) is -0.0208. The zero-order valence-electron chi connectivity index (χ0n) is 13.7. The molecule has 130 valence electrons. The van der Waals surface area contributed by atoms with Crippen molar-refractivity contribution >= 4 is 17.7 Å². The van der Waals surface area contributed by atoms with Crippen LogP contribution < -0.4 is 5.32 Å². The maximum absolute atomic E-state index is 12.4. The number of hydrogen-bond donors (Lipinski definition) is 2. The Morgan fingerprint density at radius 1 is 1.24 bits per heavy atom. The summed E-state index contributed by atoms with van der Waals surface area (Å²) in [6.45, 7) is 1.48. The molecule has 1 atom stereocenters. The number of H-pyrrole nitrogens is 1. The number of cyclic esters (lactones) is 1. The molecule has 2 N–H and O–H groups in total. The van der Waals surface area contributed by atoms with E-state index in [2.05, 4.69) is 15.5 Å². The zero-order chi connectivity index (χ0) is 17.2. The second kappa shape index (κ2) is 6.68. The summed E-state index contributed by atoms with van der Waals surface area (Å²) in [6, 6.07) is 9.02. The Kier molecular flexibility index (Phi) is 4.23. The third-order valence-electron chi connectivity index (χ3n) is 4.69. The van der Waals surface area contributed by atoms with Crippen molar-refractivity contribution in [1.82, 2.24) is 10.2 Å². The van der Waals surface area contributed by atoms with Crippen LogP contribution in [0.4, 0.5) is 5.82 Å². The van der Waals surface area contributed by atoms with Crippen LogP contribution in [0.15, 0.2) is 30.3 Å². The quantitative estimate of drug-likeness (QED) is 0.833. The first-order chi connectivity index (χ1) is 12.2. The molecule has 7 nitrogen and oxygen atoms in total. The number of aromatic amines is 1. The molecule has 3 heterocycles. The molecule has 0 saturated carbocycles. The number of hydrogen-bond acceptors (Lipinski definition) is 5. The van der Waals surface area contributed by atoms with Crippen molar-refractivity contribution in [2.45, 2.75) is 31.3 Å². The summed E-state index contributed by atoms with van der Waals surface area (Å²) in [4.78, 5) is 24.5. The molecule has 0 aliphatic carbocycles. The average molecular weight is 341 g/mol. The van der Waals surface area contributed by atoms with Crippen molar-refractivity contribution < 1.29 is 19.1 Å². The number of benzene rings is 1. The minimum Gasteiger partial charge on any atom is -0.448 e. The van der Waals surface area contributed by atoms with Gasteiger partial charge in [-0.25, -0.2) is 4.79 Å². The second-order valence-corrected chi connectivity index (χ2v) is 6.34. The Balaban J connectivity index is 1.42. The second-order valence-electron chi connectivity index (χ2n) is 6.34. The van der Waals surface area contributed by atoms with E-state index in [1.165, 1.54) is 0 Å². The molecule has 0 spiro atoms. The van der Waals surface area contributed by atoms with Gasteiger partial charge in [-0.3, -0.25) is 9.89 Å². The lowest BCUT2D eigenvalue weighted by molar-refractivity contribution is -0.125. The fourth-order valence-corrected chi connectivity index (χ4v) is 3.30. The van der Waals surface area contributed by atoms with E-state index in [1.54, 1.807) is 12.1 Å². The summed E-state index contributed by atoms with van der Waals surface area (Å²) in [5, 5.41) is 9.86. The molecule has 1 unspecified atom stereocenters. The lowest BCUT2D eigenvalue weighted by Crippen LogP contribution is -2.38. The highest BCUT2D eigenvalue weighted by Gasteiger charge is 2.31. The third-order valence-corrected chi connectivity index (χ3v) is 4.69. The van der Waals surface area contributed by atoms with Crippen LogP contribution in [0.25, 0.3) is 0 Å². The molecule has 2 aliphatic rings. The van der Waals surface area contributed by atoms with Crippen molar-refractivity contribution in [2.24, 2.45) is 0 Å². The van der Waals surface area contributed by atoms with Crippen molar-refractivity contribution in [1.29, 1.82) is 0 Å². The molecule has 1 saturated heterocycles. The van der Waals surface area contributed by atoms with Gasteiger partial charge in [0.1, 0.15) is 0 Å². The number of fused-ring (bicyclic) bond motifs is 1. The normalized spacial score (nSPS) is 20.6. The number of rotatable bonds is 3. The molecule has 0 radical (unpaired) electrons. The molecule has 2 aliphatic heterocycles. The van der Waals surface area contributed by atoms with E-state index in [-0.39, 0.29) is 5.91 Å². The van der Waals surface area contributed by atoms with Gasteiger partial charge >= 0.3 is 5.97 Å². The van der Waals surface area contributed by atoms with Gasteiger partial charge < -0.3 is 14.8 Å². The van der Waals surface area contributed by atoms with Crippen LogP contribution in [0, 0.1) is 0 Å². The fourth-order valence-electron chi connectivity index (χ4n) is 3.30. The van der Waals surface area contributed by atoms with E-state index >= 15 is 0 Å². The summed E-state index contributed by atoms with van der Waals surface area (Å²) >= 11 is 0. The van der Waals surface area contributed by atoms with E-state index in [0.29, 0.717) is 23.7 Å². The van der Waals surface area contributed by atoms with Gasteiger partial charge in [-0.15, -0.1) is 0 Å². The highest BCUT2D eigenvalue weighted by atomic mass is 16.5. The number of aromatic nitrogens is 2. The maximum atomic E-state index is 12.4. The van der Waals surface area contributed by atoms with Crippen molar-refractivity contribution in [3.8, 4) is 0 Å². The Morgan fingerprint density at radius 2 is 2.04 bits per heavy atom. The smallest absolute Gasteiger partial charge is 0.339 e. The zero-order valence-corrected chi connectivity index (χ0v) is 13.7. The predicted octanol–water partition coefficient (Wildman–Crippen LogP) is 2.02. The minimum absolute atomic E-state index is 0.366. The van der Waals surface area contributed by atoms with E-state index in [1.807, 2.05) is 18.2 Å². The standard InChI is InChI=1S/C18H19N3O4/c22-17(15-9-12-3-1-2-4-13(12)18(23)25-15)19-16-10-14(20-21-16)11-5-7-24-8-6-11/h1-4,10-11,15H,5-9H2,(H2,19,20,21,22). The first kappa shape index (κ1) is 15.8. The van der Waals surface area contributed by atoms with Crippen LogP contribution in [0.1, 0.15) is 40.4 Å². The number of carbonyl (C=O) groups excluding carboxylic acids is 2. The van der Waals surface area contributed by atoms with Gasteiger partial charge in [0, 0.05) is 37.3 Å². The SMILES string of the molecule is O=C1OC(C(=O)Nc2cc(C3CCOCC3)[nH]n2)Cc2ccccc21. The van der Waals surface area contributed by atoms with Gasteiger partial charge in [0.25, 0.3) is 5.91 Å². The first-order valence-electron chi connectivity index (χ1n) is 8.43. The van der Waals surface area contributed by atoms with Crippen LogP contribution >= 0.6 is 0 Å². The summed E-state index contributed by atoms with van der Waals surface area (Å²) in [5.41, 5.74) is 2.33. The van der Waals surface area contributed by atoms with Gasteiger partial charge in [-0.1, -0.05) is 18.2 Å². The minimum atomic E-state index is -0.842. The predicted molar refractivity (Wildman–Crippen MR) is 89.4 cm³/mol. The number of carbonyl (C=O) groups is 2. The molecular weight excluding hydrogens is 322 g/mol. The molecular formula is C18H19N3O4. The first-order valence-corrected chi connectivity index (χ1v) is 8.43. The number of esters is 1. The highest BCUT2D eigenvalue weighted by Crippen LogP contribution is 2.27. The fraction of sp³-hybridized carbons (Fsp3) is 0.389. The van der Waals surface area contributed by atoms with Crippen LogP contribution in [-0.4, -0.2) is 41.4 Å². The molecule has 1 aromatic carbocycles. The topological polar surface area (TPSA) is 93.3 Å². The van der Waals surface area contributed by atoms with Gasteiger partial charge in [0.2, 0.25) is 0 Å². The van der Waals surface area contributed by atoms with Gasteiger partial charge in [0.05, 0.1) is 5.56 Å². The van der Waals surface area contributed by atoms with Crippen LogP contribution in [0.2, 0.25) is 0 Å². The van der Waals surface area contributed by atoms with Gasteiger partial charge in [0.15, 0.2) is 11.9 Å². The third kappa shape index (κ3) is 3.28. The lowest BCUT2D eigenvalue weighted by Gasteiger charge is -2.23. The molecule has 1 amide bonds. The molecule has 7 heteroatoms. The molecule has 4 rings (SSSR count). The van der Waals surface area contributed by atoms with Crippen LogP contribution in [0.3, 0.4) is 0 Å². The van der Waals surface area contributed by atoms with E-state index in [9.17, 15) is 9.59 Å². The number of nitrogens with one attached hydrogen (secondary N) is 2. The van der Waals surface area contributed by atoms with Gasteiger partial charge in [-0.2, -0.15) is 5.10 Å². The average Bonchev–Trinajstić information content (AvgIpc) is 3.11. The van der Waals surface area contributed by atoms with Crippen LogP contribution in [0.5, 0.6) is 0 Å². The molecule has 25 heavy (non-hydrogen) atoms. The molecule has 2 aromatic rings. The Bertz CT molecular complexity index is 795. The van der Waals surface area contributed by atoms with E-state index in [0.717, 1.165) is 37.3 Å². The Labute approximate surface area is 144 Å². The highest BCUT2D eigenvalue weighted by molar-refractivity contribution is 5.99. The summed E-state index contributed by atoms with van der Waals surface area (Å²) in [7, 11) is 0. The number of nitrogens with zero attached hydrogens (tertiary/aromatic N) is 1. The van der Waals surface area contributed by atoms with Crippen LogP contribution in [-0.2, 0) is 20.7 Å². The monoisotopic (exact) mass is 341 g/mol. The molecule has 0 bridgehead atoms. The summed E-state index contributed by atoms with van der Waals surface area (Å²) < 4.78 is 10.6. The summed E-state index contributed by atoms with van der Waals surface area (Å²) in [6.07, 6.45) is 1.40. The number of anilines is 1. The van der Waals surface area contributed by atoms with E-state index < -0.39 is 12.1 Å².